The SMILES string of the molecule is Cc1cc2c(cc3c(=O)n(CC(=O)N4CC(C)CC(C)C4)nc(C)n32)s1. The van der Waals surface area contributed by atoms with Crippen LogP contribution in [0, 0.1) is 25.7 Å². The molecule has 1 amide bonds. The van der Waals surface area contributed by atoms with Crippen LogP contribution < -0.4 is 5.56 Å². The number of hydrogen-bond donors (Lipinski definition) is 0. The van der Waals surface area contributed by atoms with Gasteiger partial charge in [0.25, 0.3) is 5.56 Å². The van der Waals surface area contributed by atoms with Crippen LogP contribution in [-0.2, 0) is 11.3 Å². The summed E-state index contributed by atoms with van der Waals surface area (Å²) in [6.45, 7) is 9.81. The predicted octanol–water partition coefficient (Wildman–Crippen LogP) is 2.83. The molecule has 2 atom stereocenters. The molecule has 0 aromatic carbocycles. The Morgan fingerprint density at radius 3 is 2.58 bits per heavy atom. The van der Waals surface area contributed by atoms with E-state index in [4.69, 9.17) is 0 Å². The zero-order chi connectivity index (χ0) is 18.6. The van der Waals surface area contributed by atoms with Gasteiger partial charge in [-0.1, -0.05) is 13.8 Å². The van der Waals surface area contributed by atoms with Crippen LogP contribution in [0.5, 0.6) is 0 Å². The third kappa shape index (κ3) is 2.84. The van der Waals surface area contributed by atoms with E-state index >= 15 is 0 Å². The summed E-state index contributed by atoms with van der Waals surface area (Å²) < 4.78 is 4.30. The predicted molar refractivity (Wildman–Crippen MR) is 104 cm³/mol. The summed E-state index contributed by atoms with van der Waals surface area (Å²) in [6.07, 6.45) is 1.15. The molecule has 138 valence electrons. The normalized spacial score (nSPS) is 21.0. The maximum atomic E-state index is 12.9. The molecule has 1 aliphatic rings. The summed E-state index contributed by atoms with van der Waals surface area (Å²) in [5.41, 5.74) is 1.40. The highest BCUT2D eigenvalue weighted by atomic mass is 32.1. The molecule has 1 aliphatic heterocycles. The molecule has 0 bridgehead atoms. The maximum absolute atomic E-state index is 12.9. The molecule has 6 nitrogen and oxygen atoms in total. The van der Waals surface area contributed by atoms with E-state index in [1.165, 1.54) is 9.56 Å². The van der Waals surface area contributed by atoms with Crippen LogP contribution in [0.15, 0.2) is 16.9 Å². The average Bonchev–Trinajstić information content (AvgIpc) is 3.07. The zero-order valence-corrected chi connectivity index (χ0v) is 16.5. The second-order valence-electron chi connectivity index (χ2n) is 7.73. The lowest BCUT2D eigenvalue weighted by Crippen LogP contribution is -2.45. The Morgan fingerprint density at radius 1 is 1.19 bits per heavy atom. The van der Waals surface area contributed by atoms with Crippen molar-refractivity contribution >= 4 is 33.0 Å². The van der Waals surface area contributed by atoms with Crippen molar-refractivity contribution in [2.45, 2.75) is 40.7 Å². The van der Waals surface area contributed by atoms with Crippen molar-refractivity contribution in [3.8, 4) is 0 Å². The molecular formula is C19H24N4O2S. The summed E-state index contributed by atoms with van der Waals surface area (Å²) >= 11 is 1.67. The molecule has 0 spiro atoms. The maximum Gasteiger partial charge on any atom is 0.291 e. The number of fused-ring (bicyclic) bond motifs is 3. The number of nitrogens with zero attached hydrogens (tertiary/aromatic N) is 4. The van der Waals surface area contributed by atoms with Crippen LogP contribution in [0.1, 0.15) is 31.0 Å². The van der Waals surface area contributed by atoms with Gasteiger partial charge in [0.1, 0.15) is 17.9 Å². The highest BCUT2D eigenvalue weighted by Crippen LogP contribution is 2.28. The minimum Gasteiger partial charge on any atom is -0.341 e. The Morgan fingerprint density at radius 2 is 1.88 bits per heavy atom. The van der Waals surface area contributed by atoms with Crippen LogP contribution in [0.2, 0.25) is 0 Å². The second-order valence-corrected chi connectivity index (χ2v) is 9.01. The summed E-state index contributed by atoms with van der Waals surface area (Å²) in [6, 6.07) is 3.99. The minimum atomic E-state index is -0.205. The number of thiophene rings is 1. The van der Waals surface area contributed by atoms with Crippen molar-refractivity contribution in [3.05, 3.63) is 33.2 Å². The molecule has 3 aromatic heterocycles. The molecule has 1 saturated heterocycles. The van der Waals surface area contributed by atoms with Crippen molar-refractivity contribution < 1.29 is 4.79 Å². The van der Waals surface area contributed by atoms with E-state index in [1.807, 2.05) is 22.3 Å². The van der Waals surface area contributed by atoms with E-state index < -0.39 is 0 Å². The Kier molecular flexibility index (Phi) is 4.14. The van der Waals surface area contributed by atoms with Crippen molar-refractivity contribution in [2.24, 2.45) is 11.8 Å². The van der Waals surface area contributed by atoms with Gasteiger partial charge in [0.05, 0.1) is 10.2 Å². The topological polar surface area (TPSA) is 59.6 Å². The third-order valence-electron chi connectivity index (χ3n) is 5.16. The zero-order valence-electron chi connectivity index (χ0n) is 15.7. The Bertz CT molecular complexity index is 1050. The van der Waals surface area contributed by atoms with Gasteiger partial charge in [0, 0.05) is 18.0 Å². The van der Waals surface area contributed by atoms with Gasteiger partial charge in [-0.3, -0.25) is 14.0 Å². The van der Waals surface area contributed by atoms with Crippen LogP contribution in [0.4, 0.5) is 0 Å². The molecular weight excluding hydrogens is 348 g/mol. The number of carbonyl (C=O) groups is 1. The first-order chi connectivity index (χ1) is 12.3. The Hall–Kier alpha value is -2.15. The quantitative estimate of drug-likeness (QED) is 0.695. The van der Waals surface area contributed by atoms with Gasteiger partial charge in [0.2, 0.25) is 5.91 Å². The van der Waals surface area contributed by atoms with Gasteiger partial charge in [-0.25, -0.2) is 4.68 Å². The smallest absolute Gasteiger partial charge is 0.291 e. The van der Waals surface area contributed by atoms with Crippen LogP contribution in [0.3, 0.4) is 0 Å². The van der Waals surface area contributed by atoms with E-state index in [0.29, 0.717) is 17.4 Å². The first-order valence-corrected chi connectivity index (χ1v) is 9.92. The van der Waals surface area contributed by atoms with Crippen molar-refractivity contribution in [1.82, 2.24) is 19.1 Å². The van der Waals surface area contributed by atoms with Gasteiger partial charge < -0.3 is 4.90 Å². The van der Waals surface area contributed by atoms with Crippen LogP contribution in [-0.4, -0.2) is 38.1 Å². The molecule has 3 aromatic rings. The number of piperidine rings is 1. The van der Waals surface area contributed by atoms with E-state index in [9.17, 15) is 9.59 Å². The molecule has 26 heavy (non-hydrogen) atoms. The minimum absolute atomic E-state index is 0.00741. The number of rotatable bonds is 2. The fourth-order valence-corrected chi connectivity index (χ4v) is 5.16. The van der Waals surface area contributed by atoms with Crippen molar-refractivity contribution in [1.29, 1.82) is 0 Å². The van der Waals surface area contributed by atoms with E-state index in [-0.39, 0.29) is 18.0 Å². The molecule has 0 saturated carbocycles. The molecule has 0 N–H and O–H groups in total. The van der Waals surface area contributed by atoms with Gasteiger partial charge in [-0.05, 0) is 44.2 Å². The molecule has 1 fully saturated rings. The van der Waals surface area contributed by atoms with E-state index in [0.717, 1.165) is 35.6 Å². The summed E-state index contributed by atoms with van der Waals surface area (Å²) in [4.78, 5) is 28.7. The first kappa shape index (κ1) is 17.3. The Balaban J connectivity index is 1.70. The van der Waals surface area contributed by atoms with Gasteiger partial charge >= 0.3 is 0 Å². The Labute approximate surface area is 156 Å². The molecule has 2 unspecified atom stereocenters. The van der Waals surface area contributed by atoms with Gasteiger partial charge in [-0.15, -0.1) is 11.3 Å². The van der Waals surface area contributed by atoms with Crippen LogP contribution in [0.25, 0.3) is 15.7 Å². The highest BCUT2D eigenvalue weighted by molar-refractivity contribution is 7.19. The monoisotopic (exact) mass is 372 g/mol. The number of likely N-dealkylation sites (tertiary alicyclic amines) is 1. The first-order valence-electron chi connectivity index (χ1n) is 9.10. The van der Waals surface area contributed by atoms with Gasteiger partial charge in [-0.2, -0.15) is 5.10 Å². The summed E-state index contributed by atoms with van der Waals surface area (Å²) in [5, 5.41) is 4.43. The third-order valence-corrected chi connectivity index (χ3v) is 6.15. The summed E-state index contributed by atoms with van der Waals surface area (Å²) in [7, 11) is 0. The van der Waals surface area contributed by atoms with E-state index in [2.05, 4.69) is 31.9 Å². The molecule has 7 heteroatoms. The molecule has 4 rings (SSSR count). The lowest BCUT2D eigenvalue weighted by atomic mass is 9.92. The lowest BCUT2D eigenvalue weighted by molar-refractivity contribution is -0.134. The van der Waals surface area contributed by atoms with E-state index in [1.54, 1.807) is 11.3 Å². The fraction of sp³-hybridized carbons (Fsp3) is 0.526. The molecule has 0 radical (unpaired) electrons. The standard InChI is InChI=1S/C19H24N4O2S/c1-11-5-12(2)9-21(8-11)18(24)10-22-19(25)16-7-17-15(6-13(3)26-17)23(16)14(4)20-22/h6-7,11-12H,5,8-10H2,1-4H3. The number of amides is 1. The number of aromatic nitrogens is 3. The average molecular weight is 372 g/mol. The largest absolute Gasteiger partial charge is 0.341 e. The highest BCUT2D eigenvalue weighted by Gasteiger charge is 2.26. The number of aryl methyl sites for hydroxylation is 2. The van der Waals surface area contributed by atoms with Crippen LogP contribution >= 0.6 is 11.3 Å². The van der Waals surface area contributed by atoms with Crippen molar-refractivity contribution in [2.75, 3.05) is 13.1 Å². The molecule has 4 heterocycles. The number of hydrogen-bond acceptors (Lipinski definition) is 4. The lowest BCUT2D eigenvalue weighted by Gasteiger charge is -2.35. The molecule has 0 aliphatic carbocycles. The van der Waals surface area contributed by atoms with Crippen molar-refractivity contribution in [3.63, 3.8) is 0 Å². The second kappa shape index (κ2) is 6.23. The number of carbonyl (C=O) groups excluding carboxylic acids is 1. The fourth-order valence-electron chi connectivity index (χ4n) is 4.22. The summed E-state index contributed by atoms with van der Waals surface area (Å²) in [5.74, 6) is 1.70. The van der Waals surface area contributed by atoms with Gasteiger partial charge in [0.15, 0.2) is 0 Å².